The van der Waals surface area contributed by atoms with E-state index in [2.05, 4.69) is 0 Å². The van der Waals surface area contributed by atoms with E-state index in [0.717, 1.165) is 0 Å². The van der Waals surface area contributed by atoms with Crippen LogP contribution >= 0.6 is 0 Å². The molecule has 27 heavy (non-hydrogen) atoms. The van der Waals surface area contributed by atoms with E-state index in [1.54, 1.807) is 14.1 Å². The average molecular weight is 396 g/mol. The van der Waals surface area contributed by atoms with Crippen molar-refractivity contribution in [3.05, 3.63) is 0 Å². The molecular weight excluding hydrogens is 367 g/mol. The monoisotopic (exact) mass is 396 g/mol. The maximum absolute atomic E-state index is 13.5. The van der Waals surface area contributed by atoms with Crippen molar-refractivity contribution in [3.8, 4) is 0 Å². The van der Waals surface area contributed by atoms with Gasteiger partial charge >= 0.3 is 0 Å². The van der Waals surface area contributed by atoms with Crippen molar-refractivity contribution in [3.63, 3.8) is 0 Å². The number of hydrogen-bond donors (Lipinski definition) is 2. The first kappa shape index (κ1) is 24.7. The minimum Gasteiger partial charge on any atom is -0.396 e. The highest BCUT2D eigenvalue weighted by atomic mass is 19.3. The molecule has 156 valence electrons. The summed E-state index contributed by atoms with van der Waals surface area (Å²) in [5.74, 6) is -3.01. The third-order valence-electron chi connectivity index (χ3n) is 4.73. The molecule has 0 amide bonds. The lowest BCUT2D eigenvalue weighted by molar-refractivity contribution is -0.107. The SMILES string of the molecule is C[B][C@@H]1O[C@H](CCO)[C@H](OC)C1(F)F.C[B][C@@H]1O[C@H](CCO)[C@H](OC)C1F. The van der Waals surface area contributed by atoms with E-state index in [1.807, 2.05) is 0 Å². The molecule has 1 unspecified atom stereocenters. The van der Waals surface area contributed by atoms with Gasteiger partial charge in [0, 0.05) is 27.4 Å². The Bertz CT molecular complexity index is 424. The lowest BCUT2D eigenvalue weighted by Crippen LogP contribution is -2.43. The van der Waals surface area contributed by atoms with E-state index >= 15 is 0 Å². The molecule has 0 saturated carbocycles. The number of ether oxygens (including phenoxy) is 4. The van der Waals surface area contributed by atoms with Gasteiger partial charge in [0.1, 0.15) is 25.7 Å². The quantitative estimate of drug-likeness (QED) is 0.589. The van der Waals surface area contributed by atoms with Crippen molar-refractivity contribution in [2.75, 3.05) is 27.4 Å². The predicted octanol–water partition coefficient (Wildman–Crippen LogP) is 0.695. The Hall–Kier alpha value is -0.320. The van der Waals surface area contributed by atoms with Gasteiger partial charge in [-0.15, -0.1) is 0 Å². The van der Waals surface area contributed by atoms with E-state index in [4.69, 9.17) is 29.2 Å². The molecule has 0 aromatic rings. The summed E-state index contributed by atoms with van der Waals surface area (Å²) < 4.78 is 60.6. The zero-order valence-electron chi connectivity index (χ0n) is 16.2. The standard InChI is InChI=1S/C8H14BF2O3.C8H15BFO3/c1-9-7-8(10,11)6(13-2)5(14-7)3-4-12;1-9-8-6(10)7(12-2)5(13-8)3-4-11/h5-7,12H,3-4H2,1-2H3;5-8,11H,3-4H2,1-2H3/t5-,6+,7-;5-,6?,7+,8-/m11/s1. The number of rotatable bonds is 8. The smallest absolute Gasteiger partial charge is 0.293 e. The van der Waals surface area contributed by atoms with Crippen molar-refractivity contribution in [2.45, 2.75) is 75.0 Å². The normalized spacial score (nSPS) is 37.6. The molecule has 2 radical (unpaired) electrons. The molecule has 2 rings (SSSR count). The number of alkyl halides is 3. The topological polar surface area (TPSA) is 77.4 Å². The van der Waals surface area contributed by atoms with Crippen LogP contribution in [0.3, 0.4) is 0 Å². The molecule has 0 bridgehead atoms. The first-order valence-corrected chi connectivity index (χ1v) is 9.01. The molecule has 2 heterocycles. The van der Waals surface area contributed by atoms with E-state index in [9.17, 15) is 13.2 Å². The second kappa shape index (κ2) is 11.6. The van der Waals surface area contributed by atoms with Gasteiger partial charge in [-0.05, 0) is 12.8 Å². The zero-order chi connectivity index (χ0) is 20.6. The van der Waals surface area contributed by atoms with Gasteiger partial charge < -0.3 is 29.2 Å². The number of hydrogen-bond acceptors (Lipinski definition) is 6. The summed E-state index contributed by atoms with van der Waals surface area (Å²) in [5, 5.41) is 17.4. The van der Waals surface area contributed by atoms with Crippen LogP contribution in [0.25, 0.3) is 0 Å². The van der Waals surface area contributed by atoms with Crippen molar-refractivity contribution in [1.82, 2.24) is 0 Å². The van der Waals surface area contributed by atoms with Crippen LogP contribution in [0.2, 0.25) is 13.6 Å². The minimum atomic E-state index is -3.01. The molecule has 6 nitrogen and oxygen atoms in total. The molecule has 2 fully saturated rings. The van der Waals surface area contributed by atoms with Crippen LogP contribution in [0.1, 0.15) is 12.8 Å². The fraction of sp³-hybridized carbons (Fsp3) is 1.00. The minimum absolute atomic E-state index is 0.00627. The van der Waals surface area contributed by atoms with Gasteiger partial charge in [-0.1, -0.05) is 13.6 Å². The first-order valence-electron chi connectivity index (χ1n) is 9.01. The largest absolute Gasteiger partial charge is 0.396 e. The molecule has 2 aliphatic heterocycles. The summed E-state index contributed by atoms with van der Waals surface area (Å²) in [5.41, 5.74) is 0. The van der Waals surface area contributed by atoms with Crippen LogP contribution in [0.4, 0.5) is 13.2 Å². The van der Waals surface area contributed by atoms with Crippen molar-refractivity contribution < 1.29 is 42.3 Å². The van der Waals surface area contributed by atoms with Crippen molar-refractivity contribution >= 4 is 14.6 Å². The highest BCUT2D eigenvalue weighted by Crippen LogP contribution is 2.38. The first-order chi connectivity index (χ1) is 12.8. The lowest BCUT2D eigenvalue weighted by atomic mass is 9.71. The average Bonchev–Trinajstić information content (AvgIpc) is 3.08. The second-order valence-electron chi connectivity index (χ2n) is 6.40. The number of halogens is 3. The van der Waals surface area contributed by atoms with Gasteiger partial charge in [-0.25, -0.2) is 13.2 Å². The molecule has 0 spiro atoms. The molecule has 0 aromatic carbocycles. The summed E-state index contributed by atoms with van der Waals surface area (Å²) in [6.07, 6.45) is -3.41. The van der Waals surface area contributed by atoms with E-state index in [1.165, 1.54) is 28.3 Å². The fourth-order valence-electron chi connectivity index (χ4n) is 3.37. The second-order valence-corrected chi connectivity index (χ2v) is 6.40. The molecule has 0 aliphatic carbocycles. The third kappa shape index (κ3) is 5.83. The van der Waals surface area contributed by atoms with Gasteiger partial charge in [0.15, 0.2) is 7.28 Å². The van der Waals surface area contributed by atoms with Crippen molar-refractivity contribution in [2.24, 2.45) is 0 Å². The Morgan fingerprint density at radius 3 is 2.00 bits per heavy atom. The van der Waals surface area contributed by atoms with E-state index in [0.29, 0.717) is 6.42 Å². The highest BCUT2D eigenvalue weighted by molar-refractivity contribution is 6.36. The Kier molecular flexibility index (Phi) is 10.6. The Labute approximate surface area is 160 Å². The van der Waals surface area contributed by atoms with Crippen LogP contribution in [0.15, 0.2) is 0 Å². The van der Waals surface area contributed by atoms with Gasteiger partial charge in [0.05, 0.1) is 24.2 Å². The molecule has 2 aliphatic rings. The van der Waals surface area contributed by atoms with Crippen LogP contribution in [-0.4, -0.2) is 101 Å². The third-order valence-corrected chi connectivity index (χ3v) is 4.73. The van der Waals surface area contributed by atoms with Crippen LogP contribution in [0.5, 0.6) is 0 Å². The summed E-state index contributed by atoms with van der Waals surface area (Å²) in [6.45, 7) is 3.09. The van der Waals surface area contributed by atoms with E-state index < -0.39 is 42.4 Å². The Morgan fingerprint density at radius 2 is 1.56 bits per heavy atom. The van der Waals surface area contributed by atoms with Gasteiger partial charge in [-0.3, -0.25) is 0 Å². The van der Waals surface area contributed by atoms with Gasteiger partial charge in [0.2, 0.25) is 0 Å². The summed E-state index contributed by atoms with van der Waals surface area (Å²) in [7, 11) is 5.67. The van der Waals surface area contributed by atoms with Crippen molar-refractivity contribution in [1.29, 1.82) is 0 Å². The molecule has 11 heteroatoms. The number of aliphatic hydroxyl groups excluding tert-OH is 2. The zero-order valence-corrected chi connectivity index (χ0v) is 16.2. The van der Waals surface area contributed by atoms with Crippen LogP contribution in [0, 0.1) is 0 Å². The molecule has 2 N–H and O–H groups in total. The Morgan fingerprint density at radius 1 is 0.963 bits per heavy atom. The maximum Gasteiger partial charge on any atom is 0.293 e. The summed E-state index contributed by atoms with van der Waals surface area (Å²) in [4.78, 5) is 0. The molecular formula is C16H29B2F3O6. The fourth-order valence-corrected chi connectivity index (χ4v) is 3.37. The molecule has 7 atom stereocenters. The van der Waals surface area contributed by atoms with Crippen LogP contribution in [-0.2, 0) is 18.9 Å². The maximum atomic E-state index is 13.5. The molecule has 2 saturated heterocycles. The summed E-state index contributed by atoms with van der Waals surface area (Å²) in [6, 6.07) is -1.72. The highest BCUT2D eigenvalue weighted by Gasteiger charge is 2.57. The Balaban J connectivity index is 0.000000271. The molecule has 0 aromatic heterocycles. The van der Waals surface area contributed by atoms with Gasteiger partial charge in [0.25, 0.3) is 5.92 Å². The number of aliphatic hydroxyl groups is 2. The van der Waals surface area contributed by atoms with Crippen LogP contribution < -0.4 is 0 Å². The van der Waals surface area contributed by atoms with E-state index in [-0.39, 0.29) is 25.7 Å². The number of methoxy groups -OCH3 is 2. The summed E-state index contributed by atoms with van der Waals surface area (Å²) >= 11 is 0. The predicted molar refractivity (Wildman–Crippen MR) is 95.4 cm³/mol. The van der Waals surface area contributed by atoms with Gasteiger partial charge in [-0.2, -0.15) is 0 Å². The lowest BCUT2D eigenvalue weighted by Gasteiger charge is -2.21.